The van der Waals surface area contributed by atoms with E-state index in [0.29, 0.717) is 12.5 Å². The standard InChI is InChI=1S/C24H41N5O3.HI/c1-19-8-9-20(21(16-19)32-24(2,3)4)17-26-23(27-18-22(30)28(5)6)25-10-7-11-29-12-14-31-15-13-29;/h8-9,16H,7,10-15,17-18H2,1-6H3,(H2,25,26,27);1H. The lowest BCUT2D eigenvalue weighted by Gasteiger charge is -2.26. The average Bonchev–Trinajstić information content (AvgIpc) is 2.72. The second-order valence-electron chi connectivity index (χ2n) is 9.37. The summed E-state index contributed by atoms with van der Waals surface area (Å²) in [4.78, 5) is 20.8. The molecule has 8 nitrogen and oxygen atoms in total. The fourth-order valence-electron chi connectivity index (χ4n) is 3.21. The zero-order chi connectivity index (χ0) is 23.6. The van der Waals surface area contributed by atoms with E-state index in [0.717, 1.165) is 62.7 Å². The number of benzene rings is 1. The molecular weight excluding hydrogens is 533 g/mol. The molecule has 0 atom stereocenters. The number of halogens is 1. The third-order valence-corrected chi connectivity index (χ3v) is 5.00. The first-order chi connectivity index (χ1) is 15.1. The van der Waals surface area contributed by atoms with Crippen molar-refractivity contribution in [2.45, 2.75) is 46.3 Å². The zero-order valence-electron chi connectivity index (χ0n) is 21.1. The maximum Gasteiger partial charge on any atom is 0.241 e. The largest absolute Gasteiger partial charge is 0.488 e. The van der Waals surface area contributed by atoms with Gasteiger partial charge in [-0.15, -0.1) is 24.0 Å². The van der Waals surface area contributed by atoms with Crippen LogP contribution in [0.5, 0.6) is 5.75 Å². The van der Waals surface area contributed by atoms with Gasteiger partial charge in [-0.2, -0.15) is 0 Å². The summed E-state index contributed by atoms with van der Waals surface area (Å²) >= 11 is 0. The molecule has 1 saturated heterocycles. The molecule has 0 bridgehead atoms. The molecule has 1 aliphatic rings. The number of nitrogens with zero attached hydrogens (tertiary/aromatic N) is 3. The third kappa shape index (κ3) is 11.9. The lowest BCUT2D eigenvalue weighted by Crippen LogP contribution is -2.44. The summed E-state index contributed by atoms with van der Waals surface area (Å²) in [7, 11) is 3.50. The number of aliphatic imine (C=N–C) groups is 1. The number of amides is 1. The molecule has 9 heteroatoms. The first-order valence-electron chi connectivity index (χ1n) is 11.4. The Labute approximate surface area is 216 Å². The van der Waals surface area contributed by atoms with E-state index < -0.39 is 0 Å². The summed E-state index contributed by atoms with van der Waals surface area (Å²) in [5.74, 6) is 1.47. The molecule has 1 aromatic rings. The van der Waals surface area contributed by atoms with Crippen molar-refractivity contribution >= 4 is 35.8 Å². The van der Waals surface area contributed by atoms with E-state index in [2.05, 4.69) is 40.7 Å². The number of likely N-dealkylation sites (N-methyl/N-ethyl adjacent to an activating group) is 1. The molecule has 2 N–H and O–H groups in total. The normalized spacial score (nSPS) is 14.9. The molecule has 0 saturated carbocycles. The van der Waals surface area contributed by atoms with Crippen molar-refractivity contribution in [3.63, 3.8) is 0 Å². The van der Waals surface area contributed by atoms with Crippen LogP contribution in [0.1, 0.15) is 38.3 Å². The van der Waals surface area contributed by atoms with E-state index in [1.807, 2.05) is 20.8 Å². The van der Waals surface area contributed by atoms with E-state index in [9.17, 15) is 4.79 Å². The van der Waals surface area contributed by atoms with Crippen LogP contribution in [0.15, 0.2) is 23.2 Å². The van der Waals surface area contributed by atoms with Crippen LogP contribution < -0.4 is 15.4 Å². The zero-order valence-corrected chi connectivity index (χ0v) is 23.4. The van der Waals surface area contributed by atoms with Gasteiger partial charge in [-0.05, 0) is 52.3 Å². The molecule has 188 valence electrons. The van der Waals surface area contributed by atoms with Gasteiger partial charge in [0.25, 0.3) is 0 Å². The maximum absolute atomic E-state index is 12.0. The number of nitrogens with one attached hydrogen (secondary N) is 2. The second kappa shape index (κ2) is 14.6. The number of hydrogen-bond donors (Lipinski definition) is 2. The lowest BCUT2D eigenvalue weighted by atomic mass is 10.1. The quantitative estimate of drug-likeness (QED) is 0.204. The SMILES string of the molecule is Cc1ccc(CN=C(NCCCN2CCOCC2)NCC(=O)N(C)C)c(OC(C)(C)C)c1.I. The Bertz CT molecular complexity index is 759. The molecule has 2 rings (SSSR count). The Balaban J connectivity index is 0.00000544. The second-order valence-corrected chi connectivity index (χ2v) is 9.37. The van der Waals surface area contributed by atoms with Crippen LogP contribution in [-0.2, 0) is 16.1 Å². The van der Waals surface area contributed by atoms with Gasteiger partial charge in [0, 0.05) is 39.3 Å². The van der Waals surface area contributed by atoms with Gasteiger partial charge in [-0.1, -0.05) is 12.1 Å². The van der Waals surface area contributed by atoms with Gasteiger partial charge in [-0.25, -0.2) is 4.99 Å². The van der Waals surface area contributed by atoms with Crippen molar-refractivity contribution in [3.05, 3.63) is 29.3 Å². The number of carbonyl (C=O) groups excluding carboxylic acids is 1. The van der Waals surface area contributed by atoms with Crippen molar-refractivity contribution < 1.29 is 14.3 Å². The first kappa shape index (κ1) is 29.4. The first-order valence-corrected chi connectivity index (χ1v) is 11.4. The number of aryl methyl sites for hydroxylation is 1. The fraction of sp³-hybridized carbons (Fsp3) is 0.667. The maximum atomic E-state index is 12.0. The molecule has 1 amide bonds. The number of carbonyl (C=O) groups is 1. The molecule has 1 fully saturated rings. The van der Waals surface area contributed by atoms with Crippen LogP contribution in [0, 0.1) is 6.92 Å². The highest BCUT2D eigenvalue weighted by molar-refractivity contribution is 14.0. The molecule has 0 aromatic heterocycles. The molecule has 0 spiro atoms. The lowest BCUT2D eigenvalue weighted by molar-refractivity contribution is -0.127. The van der Waals surface area contributed by atoms with E-state index >= 15 is 0 Å². The average molecular weight is 576 g/mol. The summed E-state index contributed by atoms with van der Waals surface area (Å²) in [6.07, 6.45) is 0.991. The van der Waals surface area contributed by atoms with Crippen molar-refractivity contribution in [3.8, 4) is 5.75 Å². The van der Waals surface area contributed by atoms with Gasteiger partial charge in [0.05, 0.1) is 26.3 Å². The monoisotopic (exact) mass is 575 g/mol. The van der Waals surface area contributed by atoms with Gasteiger partial charge in [0.1, 0.15) is 11.4 Å². The smallest absolute Gasteiger partial charge is 0.241 e. The molecule has 1 aromatic carbocycles. The minimum Gasteiger partial charge on any atom is -0.488 e. The Kier molecular flexibility index (Phi) is 13.0. The van der Waals surface area contributed by atoms with Gasteiger partial charge < -0.3 is 25.0 Å². The summed E-state index contributed by atoms with van der Waals surface area (Å²) in [6, 6.07) is 6.17. The van der Waals surface area contributed by atoms with Crippen molar-refractivity contribution in [1.82, 2.24) is 20.4 Å². The molecular formula is C24H42IN5O3. The fourth-order valence-corrected chi connectivity index (χ4v) is 3.21. The van der Waals surface area contributed by atoms with Crippen LogP contribution in [-0.4, -0.2) is 87.3 Å². The van der Waals surface area contributed by atoms with Crippen molar-refractivity contribution in [2.24, 2.45) is 4.99 Å². The van der Waals surface area contributed by atoms with Crippen molar-refractivity contribution in [2.75, 3.05) is 60.0 Å². The van der Waals surface area contributed by atoms with Crippen LogP contribution in [0.25, 0.3) is 0 Å². The number of rotatable bonds is 9. The Morgan fingerprint density at radius 1 is 1.21 bits per heavy atom. The van der Waals surface area contributed by atoms with Gasteiger partial charge in [0.15, 0.2) is 5.96 Å². The molecule has 1 heterocycles. The minimum absolute atomic E-state index is 0. The van der Waals surface area contributed by atoms with E-state index in [1.54, 1.807) is 19.0 Å². The number of morpholine rings is 1. The predicted molar refractivity (Wildman–Crippen MR) is 145 cm³/mol. The molecule has 33 heavy (non-hydrogen) atoms. The van der Waals surface area contributed by atoms with Crippen LogP contribution >= 0.6 is 24.0 Å². The van der Waals surface area contributed by atoms with Crippen LogP contribution in [0.3, 0.4) is 0 Å². The highest BCUT2D eigenvalue weighted by Crippen LogP contribution is 2.25. The van der Waals surface area contributed by atoms with E-state index in [1.165, 1.54) is 0 Å². The van der Waals surface area contributed by atoms with Gasteiger partial charge >= 0.3 is 0 Å². The highest BCUT2D eigenvalue weighted by Gasteiger charge is 2.15. The van der Waals surface area contributed by atoms with Crippen LogP contribution in [0.4, 0.5) is 0 Å². The summed E-state index contributed by atoms with van der Waals surface area (Å²) < 4.78 is 11.6. The van der Waals surface area contributed by atoms with Crippen molar-refractivity contribution in [1.29, 1.82) is 0 Å². The summed E-state index contributed by atoms with van der Waals surface area (Å²) in [6.45, 7) is 14.2. The van der Waals surface area contributed by atoms with Gasteiger partial charge in [-0.3, -0.25) is 9.69 Å². The Morgan fingerprint density at radius 2 is 1.91 bits per heavy atom. The molecule has 0 radical (unpaired) electrons. The van der Waals surface area contributed by atoms with Crippen LogP contribution in [0.2, 0.25) is 0 Å². The topological polar surface area (TPSA) is 78.4 Å². The van der Waals surface area contributed by atoms with E-state index in [4.69, 9.17) is 14.5 Å². The predicted octanol–water partition coefficient (Wildman–Crippen LogP) is 2.64. The Morgan fingerprint density at radius 3 is 2.55 bits per heavy atom. The third-order valence-electron chi connectivity index (χ3n) is 5.00. The number of hydrogen-bond acceptors (Lipinski definition) is 5. The highest BCUT2D eigenvalue weighted by atomic mass is 127. The Hall–Kier alpha value is -1.59. The van der Waals surface area contributed by atoms with Gasteiger partial charge in [0.2, 0.25) is 5.91 Å². The summed E-state index contributed by atoms with van der Waals surface area (Å²) in [5, 5.41) is 6.53. The summed E-state index contributed by atoms with van der Waals surface area (Å²) in [5.41, 5.74) is 1.87. The number of guanidine groups is 1. The molecule has 0 aliphatic carbocycles. The molecule has 0 unspecified atom stereocenters. The number of ether oxygens (including phenoxy) is 2. The minimum atomic E-state index is -0.288. The molecule has 1 aliphatic heterocycles. The van der Waals surface area contributed by atoms with E-state index in [-0.39, 0.29) is 42.0 Å².